The van der Waals surface area contributed by atoms with E-state index in [1.165, 1.54) is 12.8 Å². The van der Waals surface area contributed by atoms with Gasteiger partial charge in [0, 0.05) is 30.2 Å². The van der Waals surface area contributed by atoms with Gasteiger partial charge in [0.2, 0.25) is 0 Å². The number of amides is 1. The molecule has 142 valence electrons. The van der Waals surface area contributed by atoms with Gasteiger partial charge in [-0.05, 0) is 32.4 Å². The predicted molar refractivity (Wildman–Crippen MR) is 110 cm³/mol. The van der Waals surface area contributed by atoms with Gasteiger partial charge >= 0.3 is 0 Å². The van der Waals surface area contributed by atoms with Gasteiger partial charge in [-0.2, -0.15) is 5.10 Å². The number of nitrogens with zero attached hydrogens (tertiary/aromatic N) is 3. The molecule has 0 aliphatic heterocycles. The van der Waals surface area contributed by atoms with E-state index in [1.54, 1.807) is 0 Å². The average molecular weight is 364 g/mol. The first kappa shape index (κ1) is 19.1. The molecule has 0 unspecified atom stereocenters. The van der Waals surface area contributed by atoms with Crippen LogP contribution in [0.15, 0.2) is 36.5 Å². The van der Waals surface area contributed by atoms with Crippen molar-refractivity contribution in [1.82, 2.24) is 20.1 Å². The highest BCUT2D eigenvalue weighted by Gasteiger charge is 2.16. The van der Waals surface area contributed by atoms with E-state index in [0.717, 1.165) is 47.2 Å². The molecule has 1 aromatic carbocycles. The molecule has 0 atom stereocenters. The van der Waals surface area contributed by atoms with Gasteiger partial charge in [-0.25, -0.2) is 4.98 Å². The highest BCUT2D eigenvalue weighted by Crippen LogP contribution is 2.26. The Labute approximate surface area is 160 Å². The molecular weight excluding hydrogens is 336 g/mol. The molecule has 0 aliphatic carbocycles. The third-order valence-electron chi connectivity index (χ3n) is 4.82. The predicted octanol–water partition coefficient (Wildman–Crippen LogP) is 4.74. The minimum atomic E-state index is -0.0353. The highest BCUT2D eigenvalue weighted by molar-refractivity contribution is 6.07. The summed E-state index contributed by atoms with van der Waals surface area (Å²) in [6, 6.07) is 9.71. The summed E-state index contributed by atoms with van der Waals surface area (Å²) in [7, 11) is 0. The molecule has 2 heterocycles. The molecule has 1 N–H and O–H groups in total. The fraction of sp³-hybridized carbons (Fsp3) is 0.409. The quantitative estimate of drug-likeness (QED) is 0.588. The molecule has 2 aromatic heterocycles. The highest BCUT2D eigenvalue weighted by atomic mass is 16.1. The molecule has 0 spiro atoms. The maximum atomic E-state index is 12.9. The maximum Gasteiger partial charge on any atom is 0.252 e. The summed E-state index contributed by atoms with van der Waals surface area (Å²) >= 11 is 0. The lowest BCUT2D eigenvalue weighted by Crippen LogP contribution is -2.24. The van der Waals surface area contributed by atoms with Gasteiger partial charge in [-0.15, -0.1) is 0 Å². The topological polar surface area (TPSA) is 59.8 Å². The van der Waals surface area contributed by atoms with E-state index in [0.29, 0.717) is 12.1 Å². The summed E-state index contributed by atoms with van der Waals surface area (Å²) in [5.41, 5.74) is 4.19. The van der Waals surface area contributed by atoms with Crippen molar-refractivity contribution >= 4 is 16.8 Å². The van der Waals surface area contributed by atoms with Crippen LogP contribution in [-0.4, -0.2) is 27.2 Å². The zero-order chi connectivity index (χ0) is 19.2. The number of unbranched alkanes of at least 4 members (excludes halogenated alkanes) is 3. The van der Waals surface area contributed by atoms with E-state index < -0.39 is 0 Å². The number of rotatable bonds is 8. The summed E-state index contributed by atoms with van der Waals surface area (Å²) in [5.74, 6) is -0.0353. The van der Waals surface area contributed by atoms with Gasteiger partial charge in [0.25, 0.3) is 5.91 Å². The Bertz CT molecular complexity index is 929. The van der Waals surface area contributed by atoms with Crippen molar-refractivity contribution in [2.45, 2.75) is 53.0 Å². The molecule has 0 radical (unpaired) electrons. The van der Waals surface area contributed by atoms with Crippen molar-refractivity contribution in [2.24, 2.45) is 0 Å². The van der Waals surface area contributed by atoms with E-state index in [4.69, 9.17) is 4.98 Å². The monoisotopic (exact) mass is 364 g/mol. The first-order chi connectivity index (χ1) is 13.1. The number of fused-ring (bicyclic) bond motifs is 1. The molecule has 5 heteroatoms. The molecule has 5 nitrogen and oxygen atoms in total. The van der Waals surface area contributed by atoms with Crippen molar-refractivity contribution in [1.29, 1.82) is 0 Å². The van der Waals surface area contributed by atoms with Crippen molar-refractivity contribution in [2.75, 3.05) is 6.54 Å². The second-order valence-corrected chi connectivity index (χ2v) is 6.87. The van der Waals surface area contributed by atoms with E-state index in [-0.39, 0.29) is 5.91 Å². The van der Waals surface area contributed by atoms with Crippen LogP contribution in [0.1, 0.15) is 55.6 Å². The van der Waals surface area contributed by atoms with Gasteiger partial charge in [-0.1, -0.05) is 44.4 Å². The second-order valence-electron chi connectivity index (χ2n) is 6.87. The number of carbonyl (C=O) groups is 1. The van der Waals surface area contributed by atoms with Crippen LogP contribution in [0.5, 0.6) is 0 Å². The van der Waals surface area contributed by atoms with Gasteiger partial charge in [0.1, 0.15) is 0 Å². The molecular formula is C22H28N4O. The Morgan fingerprint density at radius 1 is 1.15 bits per heavy atom. The third kappa shape index (κ3) is 4.35. The first-order valence-electron chi connectivity index (χ1n) is 9.86. The number of pyridine rings is 1. The summed E-state index contributed by atoms with van der Waals surface area (Å²) in [5, 5.41) is 8.47. The Morgan fingerprint density at radius 2 is 1.96 bits per heavy atom. The number of carbonyl (C=O) groups excluding carboxylic acids is 1. The van der Waals surface area contributed by atoms with Crippen molar-refractivity contribution in [3.63, 3.8) is 0 Å². The standard InChI is InChI=1S/C22H28N4O/c1-4-6-7-10-13-23-22(27)18-14-21(19-15-26(5-2)25-16(19)3)24-20-12-9-8-11-17(18)20/h8-9,11-12,14-15H,4-7,10,13H2,1-3H3,(H,23,27). The number of hydrogen-bond acceptors (Lipinski definition) is 3. The van der Waals surface area contributed by atoms with Crippen LogP contribution in [-0.2, 0) is 6.54 Å². The molecule has 0 saturated heterocycles. The lowest BCUT2D eigenvalue weighted by atomic mass is 10.0. The van der Waals surface area contributed by atoms with Crippen molar-refractivity contribution in [3.05, 3.63) is 47.8 Å². The Balaban J connectivity index is 1.93. The second kappa shape index (κ2) is 8.80. The van der Waals surface area contributed by atoms with Gasteiger partial charge in [-0.3, -0.25) is 9.48 Å². The maximum absolute atomic E-state index is 12.9. The van der Waals surface area contributed by atoms with Crippen LogP contribution >= 0.6 is 0 Å². The van der Waals surface area contributed by atoms with Gasteiger partial charge in [0.05, 0.1) is 22.5 Å². The average Bonchev–Trinajstić information content (AvgIpc) is 3.07. The minimum Gasteiger partial charge on any atom is -0.352 e. The molecule has 1 amide bonds. The van der Waals surface area contributed by atoms with E-state index in [9.17, 15) is 4.79 Å². The minimum absolute atomic E-state index is 0.0353. The molecule has 27 heavy (non-hydrogen) atoms. The Hall–Kier alpha value is -2.69. The number of hydrogen-bond donors (Lipinski definition) is 1. The lowest BCUT2D eigenvalue weighted by Gasteiger charge is -2.10. The van der Waals surface area contributed by atoms with Crippen LogP contribution in [0.4, 0.5) is 0 Å². The van der Waals surface area contributed by atoms with Gasteiger partial charge in [0.15, 0.2) is 0 Å². The van der Waals surface area contributed by atoms with Crippen molar-refractivity contribution in [3.8, 4) is 11.3 Å². The fourth-order valence-corrected chi connectivity index (χ4v) is 3.28. The molecule has 0 fully saturated rings. The zero-order valence-corrected chi connectivity index (χ0v) is 16.5. The lowest BCUT2D eigenvalue weighted by molar-refractivity contribution is 0.0954. The van der Waals surface area contributed by atoms with Crippen LogP contribution in [0, 0.1) is 6.92 Å². The molecule has 0 saturated carbocycles. The smallest absolute Gasteiger partial charge is 0.252 e. The number of aryl methyl sites for hydroxylation is 2. The summed E-state index contributed by atoms with van der Waals surface area (Å²) in [6.07, 6.45) is 6.56. The molecule has 3 rings (SSSR count). The van der Waals surface area contributed by atoms with Crippen LogP contribution in [0.3, 0.4) is 0 Å². The zero-order valence-electron chi connectivity index (χ0n) is 16.5. The number of benzene rings is 1. The molecule has 0 aliphatic rings. The van der Waals surface area contributed by atoms with Crippen LogP contribution < -0.4 is 5.32 Å². The Kier molecular flexibility index (Phi) is 6.22. The number of nitrogens with one attached hydrogen (secondary N) is 1. The first-order valence-corrected chi connectivity index (χ1v) is 9.86. The van der Waals surface area contributed by atoms with E-state index in [2.05, 4.69) is 24.3 Å². The summed E-state index contributed by atoms with van der Waals surface area (Å²) < 4.78 is 1.90. The summed E-state index contributed by atoms with van der Waals surface area (Å²) in [4.78, 5) is 17.6. The summed E-state index contributed by atoms with van der Waals surface area (Å²) in [6.45, 7) is 7.73. The van der Waals surface area contributed by atoms with E-state index >= 15 is 0 Å². The van der Waals surface area contributed by atoms with Crippen LogP contribution in [0.25, 0.3) is 22.2 Å². The Morgan fingerprint density at radius 3 is 2.70 bits per heavy atom. The van der Waals surface area contributed by atoms with Gasteiger partial charge < -0.3 is 5.32 Å². The number of aromatic nitrogens is 3. The van der Waals surface area contributed by atoms with Crippen molar-refractivity contribution < 1.29 is 4.79 Å². The van der Waals surface area contributed by atoms with E-state index in [1.807, 2.05) is 48.1 Å². The third-order valence-corrected chi connectivity index (χ3v) is 4.82. The fourth-order valence-electron chi connectivity index (χ4n) is 3.28. The number of para-hydroxylation sites is 1. The molecule has 3 aromatic rings. The molecule has 0 bridgehead atoms. The largest absolute Gasteiger partial charge is 0.352 e. The SMILES string of the molecule is CCCCCCNC(=O)c1cc(-c2cn(CC)nc2C)nc2ccccc12. The normalized spacial score (nSPS) is 11.1. The van der Waals surface area contributed by atoms with Crippen LogP contribution in [0.2, 0.25) is 0 Å².